The third-order valence-corrected chi connectivity index (χ3v) is 6.84. The lowest BCUT2D eigenvalue weighted by Crippen LogP contribution is -2.41. The van der Waals surface area contributed by atoms with Gasteiger partial charge in [0.15, 0.2) is 0 Å². The smallest absolute Gasteiger partial charge is 0.335 e. The highest BCUT2D eigenvalue weighted by Gasteiger charge is 2.40. The van der Waals surface area contributed by atoms with Gasteiger partial charge in [0.2, 0.25) is 0 Å². The highest BCUT2D eigenvalue weighted by Crippen LogP contribution is 2.36. The van der Waals surface area contributed by atoms with Crippen LogP contribution in [0.2, 0.25) is 0 Å². The fourth-order valence-corrected chi connectivity index (χ4v) is 4.76. The van der Waals surface area contributed by atoms with Crippen molar-refractivity contribution >= 4 is 27.2 Å². The molecule has 2 aromatic heterocycles. The zero-order valence-corrected chi connectivity index (χ0v) is 18.0. The monoisotopic (exact) mass is 447 g/mol. The number of para-hydroxylation sites is 1. The molecule has 4 rings (SSSR count). The molecule has 31 heavy (non-hydrogen) atoms. The third kappa shape index (κ3) is 4.22. The highest BCUT2D eigenvalue weighted by molar-refractivity contribution is 7.83. The van der Waals surface area contributed by atoms with Crippen molar-refractivity contribution in [1.29, 1.82) is 0 Å². The number of rotatable bonds is 7. The predicted octanol–water partition coefficient (Wildman–Crippen LogP) is 1.85. The maximum Gasteiger partial charge on any atom is 0.335 e. The summed E-state index contributed by atoms with van der Waals surface area (Å²) in [6.07, 6.45) is 3.15. The number of methoxy groups -OCH3 is 1. The number of aliphatic hydroxyl groups is 1. The number of ether oxygens (including phenoxy) is 1. The Kier molecular flexibility index (Phi) is 5.84. The van der Waals surface area contributed by atoms with E-state index >= 15 is 0 Å². The van der Waals surface area contributed by atoms with Gasteiger partial charge in [-0.15, -0.1) is 0 Å². The summed E-state index contributed by atoms with van der Waals surface area (Å²) < 4.78 is 40.4. The summed E-state index contributed by atoms with van der Waals surface area (Å²) >= 11 is 0. The van der Waals surface area contributed by atoms with E-state index in [0.717, 1.165) is 21.0 Å². The maximum absolute atomic E-state index is 11.5. The van der Waals surface area contributed by atoms with E-state index in [-0.39, 0.29) is 6.04 Å². The molecule has 0 amide bonds. The number of hydrogen-bond donors (Lipinski definition) is 3. The molecule has 0 spiro atoms. The van der Waals surface area contributed by atoms with Crippen LogP contribution in [0.4, 0.5) is 5.82 Å². The molecule has 1 aliphatic carbocycles. The second-order valence-corrected chi connectivity index (χ2v) is 9.07. The van der Waals surface area contributed by atoms with Crippen molar-refractivity contribution in [2.24, 2.45) is 0 Å². The SMILES string of the molecule is COc1ccccc1CNc1ncnc2c1ccn2[C@H]1C[C@H](O)[C@@H](N(C)S(=O)(=O)O)C1. The van der Waals surface area contributed by atoms with E-state index in [2.05, 4.69) is 15.3 Å². The van der Waals surface area contributed by atoms with E-state index in [9.17, 15) is 18.1 Å². The summed E-state index contributed by atoms with van der Waals surface area (Å²) in [5.74, 6) is 1.45. The number of aromatic nitrogens is 3. The summed E-state index contributed by atoms with van der Waals surface area (Å²) in [5, 5.41) is 14.5. The van der Waals surface area contributed by atoms with E-state index in [1.807, 2.05) is 41.1 Å². The Bertz CT molecular complexity index is 1180. The second-order valence-electron chi connectivity index (χ2n) is 7.60. The summed E-state index contributed by atoms with van der Waals surface area (Å²) in [4.78, 5) is 8.76. The number of nitrogens with zero attached hydrogens (tertiary/aromatic N) is 4. The molecule has 1 aliphatic rings. The fourth-order valence-electron chi connectivity index (χ4n) is 4.19. The number of hydrogen-bond acceptors (Lipinski definition) is 7. The molecule has 0 bridgehead atoms. The molecule has 0 unspecified atom stereocenters. The summed E-state index contributed by atoms with van der Waals surface area (Å²) in [7, 11) is -1.49. The molecular weight excluding hydrogens is 422 g/mol. The van der Waals surface area contributed by atoms with Crippen LogP contribution in [0.5, 0.6) is 5.75 Å². The zero-order valence-electron chi connectivity index (χ0n) is 17.2. The van der Waals surface area contributed by atoms with Crippen molar-refractivity contribution < 1.29 is 22.8 Å². The lowest BCUT2D eigenvalue weighted by molar-refractivity contribution is 0.117. The Morgan fingerprint density at radius 1 is 1.26 bits per heavy atom. The first-order valence-electron chi connectivity index (χ1n) is 9.85. The number of anilines is 1. The molecule has 0 radical (unpaired) electrons. The molecule has 166 valence electrons. The van der Waals surface area contributed by atoms with Crippen molar-refractivity contribution in [3.8, 4) is 5.75 Å². The summed E-state index contributed by atoms with van der Waals surface area (Å²) in [6, 6.07) is 8.74. The van der Waals surface area contributed by atoms with E-state index in [4.69, 9.17) is 4.74 Å². The lowest BCUT2D eigenvalue weighted by Gasteiger charge is -2.23. The second kappa shape index (κ2) is 8.42. The number of aliphatic hydroxyl groups excluding tert-OH is 1. The van der Waals surface area contributed by atoms with Crippen molar-refractivity contribution in [2.75, 3.05) is 19.5 Å². The summed E-state index contributed by atoms with van der Waals surface area (Å²) in [6.45, 7) is 0.519. The van der Waals surface area contributed by atoms with Crippen molar-refractivity contribution in [3.63, 3.8) is 0 Å². The van der Waals surface area contributed by atoms with Crippen molar-refractivity contribution in [1.82, 2.24) is 18.8 Å². The third-order valence-electron chi connectivity index (χ3n) is 5.84. The minimum atomic E-state index is -4.38. The van der Waals surface area contributed by atoms with Gasteiger partial charge in [-0.1, -0.05) is 18.2 Å². The van der Waals surface area contributed by atoms with E-state index in [0.29, 0.717) is 30.9 Å². The summed E-state index contributed by atoms with van der Waals surface area (Å²) in [5.41, 5.74) is 1.68. The van der Waals surface area contributed by atoms with E-state index in [1.54, 1.807) is 7.11 Å². The number of benzene rings is 1. The van der Waals surface area contributed by atoms with Gasteiger partial charge in [-0.25, -0.2) is 9.97 Å². The average molecular weight is 448 g/mol. The van der Waals surface area contributed by atoms with Gasteiger partial charge in [-0.05, 0) is 25.0 Å². The van der Waals surface area contributed by atoms with Crippen LogP contribution in [0, 0.1) is 0 Å². The molecule has 3 aromatic rings. The van der Waals surface area contributed by atoms with Crippen LogP contribution in [0.25, 0.3) is 11.0 Å². The van der Waals surface area contributed by atoms with Crippen molar-refractivity contribution in [2.45, 2.75) is 37.6 Å². The Balaban J connectivity index is 1.57. The quantitative estimate of drug-likeness (QED) is 0.468. The van der Waals surface area contributed by atoms with Crippen molar-refractivity contribution in [3.05, 3.63) is 48.4 Å². The minimum absolute atomic E-state index is 0.168. The molecule has 1 fully saturated rings. The average Bonchev–Trinajstić information content (AvgIpc) is 3.34. The van der Waals surface area contributed by atoms with Crippen LogP contribution in [-0.2, 0) is 16.8 Å². The normalized spacial score (nSPS) is 21.6. The number of fused-ring (bicyclic) bond motifs is 1. The van der Waals surface area contributed by atoms with Gasteiger partial charge >= 0.3 is 10.3 Å². The Morgan fingerprint density at radius 2 is 2.03 bits per heavy atom. The lowest BCUT2D eigenvalue weighted by atomic mass is 10.2. The number of nitrogens with one attached hydrogen (secondary N) is 1. The topological polar surface area (TPSA) is 130 Å². The van der Waals surface area contributed by atoms with Crippen LogP contribution >= 0.6 is 0 Å². The molecule has 2 heterocycles. The highest BCUT2D eigenvalue weighted by atomic mass is 32.2. The van der Waals surface area contributed by atoms with Gasteiger partial charge in [0.05, 0.1) is 24.6 Å². The maximum atomic E-state index is 11.5. The fraction of sp³-hybridized carbons (Fsp3) is 0.400. The molecule has 3 atom stereocenters. The van der Waals surface area contributed by atoms with Gasteiger partial charge in [-0.2, -0.15) is 12.7 Å². The van der Waals surface area contributed by atoms with E-state index < -0.39 is 22.4 Å². The van der Waals surface area contributed by atoms with Gasteiger partial charge < -0.3 is 19.7 Å². The minimum Gasteiger partial charge on any atom is -0.496 e. The molecule has 1 saturated carbocycles. The van der Waals surface area contributed by atoms with Gasteiger partial charge in [-0.3, -0.25) is 4.55 Å². The standard InChI is InChI=1S/C20H25N5O5S/c1-24(31(27,28)29)16-9-14(10-17(16)26)25-8-7-15-19(22-12-23-20(15)25)21-11-13-5-3-4-6-18(13)30-2/h3-8,12,14,16-17,26H,9-11H2,1-2H3,(H,21,22,23)(H,27,28,29)/t14-,16+,17+/m1/s1. The van der Waals surface area contributed by atoms with Crippen LogP contribution < -0.4 is 10.1 Å². The molecule has 11 heteroatoms. The Hall–Kier alpha value is -2.73. The van der Waals surface area contributed by atoms with Crippen LogP contribution in [0.3, 0.4) is 0 Å². The molecule has 3 N–H and O–H groups in total. The predicted molar refractivity (Wildman–Crippen MR) is 115 cm³/mol. The van der Waals surface area contributed by atoms with Gasteiger partial charge in [0.25, 0.3) is 0 Å². The Morgan fingerprint density at radius 3 is 2.77 bits per heavy atom. The first-order valence-corrected chi connectivity index (χ1v) is 11.2. The zero-order chi connectivity index (χ0) is 22.2. The molecule has 0 saturated heterocycles. The van der Waals surface area contributed by atoms with E-state index in [1.165, 1.54) is 13.4 Å². The van der Waals surface area contributed by atoms with Crippen LogP contribution in [0.1, 0.15) is 24.4 Å². The molecule has 10 nitrogen and oxygen atoms in total. The van der Waals surface area contributed by atoms with Gasteiger partial charge in [0, 0.05) is 31.4 Å². The number of likely N-dealkylation sites (N-methyl/N-ethyl adjacent to an activating group) is 1. The Labute approximate surface area is 180 Å². The van der Waals surface area contributed by atoms with Crippen LogP contribution in [-0.4, -0.2) is 63.2 Å². The first-order chi connectivity index (χ1) is 14.8. The molecular formula is C20H25N5O5S. The first kappa shape index (κ1) is 21.5. The van der Waals surface area contributed by atoms with Crippen LogP contribution in [0.15, 0.2) is 42.9 Å². The molecule has 1 aromatic carbocycles. The van der Waals surface area contributed by atoms with Gasteiger partial charge in [0.1, 0.15) is 23.5 Å². The largest absolute Gasteiger partial charge is 0.496 e. The molecule has 0 aliphatic heterocycles.